The van der Waals surface area contributed by atoms with Crippen molar-refractivity contribution >= 4 is 0 Å². The number of nitrogens with one attached hydrogen (secondary N) is 1. The van der Waals surface area contributed by atoms with E-state index >= 15 is 0 Å². The maximum Gasteiger partial charge on any atom is 0.00952 e. The second kappa shape index (κ2) is 4.00. The van der Waals surface area contributed by atoms with Crippen LogP contribution in [-0.4, -0.2) is 12.1 Å². The minimum Gasteiger partial charge on any atom is -0.311 e. The van der Waals surface area contributed by atoms with Gasteiger partial charge in [0.15, 0.2) is 0 Å². The molecule has 0 aliphatic heterocycles. The molecule has 3 unspecified atom stereocenters. The molecule has 1 heteroatoms. The van der Waals surface area contributed by atoms with Gasteiger partial charge in [-0.25, -0.2) is 0 Å². The summed E-state index contributed by atoms with van der Waals surface area (Å²) in [4.78, 5) is 0. The minimum absolute atomic E-state index is 0.843. The molecular weight excluding hydrogens is 158 g/mol. The van der Waals surface area contributed by atoms with Crippen molar-refractivity contribution in [3.8, 4) is 0 Å². The van der Waals surface area contributed by atoms with Crippen LogP contribution in [0.5, 0.6) is 0 Å². The summed E-state index contributed by atoms with van der Waals surface area (Å²) in [5.74, 6) is 2.00. The van der Waals surface area contributed by atoms with Gasteiger partial charge in [-0.05, 0) is 50.4 Å². The van der Waals surface area contributed by atoms with Crippen molar-refractivity contribution in [3.63, 3.8) is 0 Å². The van der Waals surface area contributed by atoms with Crippen LogP contribution in [0.1, 0.15) is 52.4 Å². The first-order chi connectivity index (χ1) is 6.29. The average molecular weight is 181 g/mol. The predicted octanol–water partition coefficient (Wildman–Crippen LogP) is 2.95. The van der Waals surface area contributed by atoms with Crippen molar-refractivity contribution in [3.05, 3.63) is 0 Å². The van der Waals surface area contributed by atoms with Gasteiger partial charge in [-0.1, -0.05) is 13.8 Å². The maximum atomic E-state index is 3.86. The Morgan fingerprint density at radius 2 is 2.00 bits per heavy atom. The Bertz CT molecular complexity index is 163. The summed E-state index contributed by atoms with van der Waals surface area (Å²) >= 11 is 0. The van der Waals surface area contributed by atoms with Crippen molar-refractivity contribution in [2.24, 2.45) is 11.8 Å². The van der Waals surface area contributed by atoms with Crippen LogP contribution in [0.25, 0.3) is 0 Å². The molecule has 0 aromatic carbocycles. The highest BCUT2D eigenvalue weighted by Gasteiger charge is 2.32. The normalized spacial score (nSPS) is 36.5. The monoisotopic (exact) mass is 181 g/mol. The van der Waals surface area contributed by atoms with Gasteiger partial charge < -0.3 is 5.32 Å². The van der Waals surface area contributed by atoms with Crippen LogP contribution in [0.15, 0.2) is 0 Å². The first-order valence-electron chi connectivity index (χ1n) is 6.05. The Hall–Kier alpha value is -0.0400. The van der Waals surface area contributed by atoms with E-state index in [1.165, 1.54) is 38.5 Å². The standard InChI is InChI=1S/C12H23N/c1-3-12(10-5-6-10)13-11-7-4-9(2)8-11/h9-13H,3-8H2,1-2H3. The molecule has 0 spiro atoms. The summed E-state index contributed by atoms with van der Waals surface area (Å²) in [5.41, 5.74) is 0. The summed E-state index contributed by atoms with van der Waals surface area (Å²) in [6, 6.07) is 1.69. The molecule has 0 aromatic rings. The Kier molecular flexibility index (Phi) is 2.92. The number of hydrogen-bond acceptors (Lipinski definition) is 1. The van der Waals surface area contributed by atoms with Gasteiger partial charge in [0, 0.05) is 12.1 Å². The third-order valence-electron chi connectivity index (χ3n) is 3.78. The van der Waals surface area contributed by atoms with Crippen LogP contribution in [-0.2, 0) is 0 Å². The first kappa shape index (κ1) is 9.51. The van der Waals surface area contributed by atoms with Crippen LogP contribution >= 0.6 is 0 Å². The molecule has 76 valence electrons. The molecule has 2 fully saturated rings. The summed E-state index contributed by atoms with van der Waals surface area (Å²) in [5, 5.41) is 3.86. The van der Waals surface area contributed by atoms with E-state index < -0.39 is 0 Å². The second-order valence-corrected chi connectivity index (χ2v) is 5.13. The lowest BCUT2D eigenvalue weighted by atomic mass is 10.1. The lowest BCUT2D eigenvalue weighted by Gasteiger charge is -2.21. The predicted molar refractivity (Wildman–Crippen MR) is 56.7 cm³/mol. The van der Waals surface area contributed by atoms with Crippen molar-refractivity contribution in [2.45, 2.75) is 64.5 Å². The zero-order valence-electron chi connectivity index (χ0n) is 9.05. The number of rotatable bonds is 4. The van der Waals surface area contributed by atoms with Gasteiger partial charge >= 0.3 is 0 Å². The lowest BCUT2D eigenvalue weighted by Crippen LogP contribution is -2.37. The average Bonchev–Trinajstić information content (AvgIpc) is 2.87. The molecule has 3 atom stereocenters. The molecule has 13 heavy (non-hydrogen) atoms. The Labute approximate surface area is 82.3 Å². The van der Waals surface area contributed by atoms with Gasteiger partial charge in [0.2, 0.25) is 0 Å². The molecule has 2 rings (SSSR count). The molecule has 0 aromatic heterocycles. The SMILES string of the molecule is CCC(NC1CCC(C)C1)C1CC1. The Balaban J connectivity index is 1.75. The van der Waals surface area contributed by atoms with E-state index in [9.17, 15) is 0 Å². The molecule has 1 nitrogen and oxygen atoms in total. The van der Waals surface area contributed by atoms with Crippen molar-refractivity contribution in [1.29, 1.82) is 0 Å². The van der Waals surface area contributed by atoms with Gasteiger partial charge in [-0.15, -0.1) is 0 Å². The molecule has 2 saturated carbocycles. The first-order valence-corrected chi connectivity index (χ1v) is 6.05. The molecule has 0 radical (unpaired) electrons. The van der Waals surface area contributed by atoms with Crippen LogP contribution in [0.4, 0.5) is 0 Å². The molecule has 1 N–H and O–H groups in total. The van der Waals surface area contributed by atoms with Gasteiger partial charge in [0.25, 0.3) is 0 Å². The summed E-state index contributed by atoms with van der Waals surface area (Å²) < 4.78 is 0. The Morgan fingerprint density at radius 1 is 1.23 bits per heavy atom. The van der Waals surface area contributed by atoms with E-state index in [0.29, 0.717) is 0 Å². The smallest absolute Gasteiger partial charge is 0.00952 e. The quantitative estimate of drug-likeness (QED) is 0.703. The van der Waals surface area contributed by atoms with E-state index in [1.54, 1.807) is 0 Å². The van der Waals surface area contributed by atoms with Crippen LogP contribution in [0.3, 0.4) is 0 Å². The zero-order valence-corrected chi connectivity index (χ0v) is 9.05. The van der Waals surface area contributed by atoms with Crippen molar-refractivity contribution in [1.82, 2.24) is 5.32 Å². The van der Waals surface area contributed by atoms with Crippen molar-refractivity contribution < 1.29 is 0 Å². The molecule has 0 heterocycles. The van der Waals surface area contributed by atoms with E-state index in [2.05, 4.69) is 19.2 Å². The van der Waals surface area contributed by atoms with E-state index in [-0.39, 0.29) is 0 Å². The molecule has 0 bridgehead atoms. The topological polar surface area (TPSA) is 12.0 Å². The van der Waals surface area contributed by atoms with E-state index in [0.717, 1.165) is 23.9 Å². The van der Waals surface area contributed by atoms with Gasteiger partial charge in [-0.3, -0.25) is 0 Å². The van der Waals surface area contributed by atoms with Crippen LogP contribution in [0.2, 0.25) is 0 Å². The Morgan fingerprint density at radius 3 is 2.46 bits per heavy atom. The fraction of sp³-hybridized carbons (Fsp3) is 1.00. The largest absolute Gasteiger partial charge is 0.311 e. The summed E-state index contributed by atoms with van der Waals surface area (Å²) in [6.07, 6.45) is 8.57. The highest BCUT2D eigenvalue weighted by atomic mass is 15.0. The van der Waals surface area contributed by atoms with Gasteiger partial charge in [0.1, 0.15) is 0 Å². The van der Waals surface area contributed by atoms with Crippen molar-refractivity contribution in [2.75, 3.05) is 0 Å². The molecule has 0 amide bonds. The van der Waals surface area contributed by atoms with Crippen LogP contribution in [0, 0.1) is 11.8 Å². The summed E-state index contributed by atoms with van der Waals surface area (Å²) in [7, 11) is 0. The highest BCUT2D eigenvalue weighted by Crippen LogP contribution is 2.35. The lowest BCUT2D eigenvalue weighted by molar-refractivity contribution is 0.381. The maximum absolute atomic E-state index is 3.86. The molecule has 0 saturated heterocycles. The second-order valence-electron chi connectivity index (χ2n) is 5.13. The highest BCUT2D eigenvalue weighted by molar-refractivity contribution is 4.89. The third kappa shape index (κ3) is 2.46. The molecule has 2 aliphatic carbocycles. The fourth-order valence-electron chi connectivity index (χ4n) is 2.75. The minimum atomic E-state index is 0.843. The number of hydrogen-bond donors (Lipinski definition) is 1. The molecular formula is C12H23N. The summed E-state index contributed by atoms with van der Waals surface area (Å²) in [6.45, 7) is 4.72. The third-order valence-corrected chi connectivity index (χ3v) is 3.78. The van der Waals surface area contributed by atoms with Crippen LogP contribution < -0.4 is 5.32 Å². The fourth-order valence-corrected chi connectivity index (χ4v) is 2.75. The van der Waals surface area contributed by atoms with Gasteiger partial charge in [-0.2, -0.15) is 0 Å². The van der Waals surface area contributed by atoms with E-state index in [4.69, 9.17) is 0 Å². The van der Waals surface area contributed by atoms with Gasteiger partial charge in [0.05, 0.1) is 0 Å². The zero-order chi connectivity index (χ0) is 9.26. The molecule has 2 aliphatic rings. The van der Waals surface area contributed by atoms with E-state index in [1.807, 2.05) is 0 Å².